The zero-order chi connectivity index (χ0) is 25.8. The van der Waals surface area contributed by atoms with Crippen LogP contribution in [0.2, 0.25) is 12.1 Å². The van der Waals surface area contributed by atoms with E-state index in [9.17, 15) is 19.2 Å². The molecule has 0 aromatic rings. The molecule has 0 aliphatic carbocycles. The van der Waals surface area contributed by atoms with E-state index in [0.29, 0.717) is 37.8 Å². The van der Waals surface area contributed by atoms with Crippen molar-refractivity contribution in [2.75, 3.05) is 42.7 Å². The van der Waals surface area contributed by atoms with Crippen LogP contribution in [0.15, 0.2) is 0 Å². The summed E-state index contributed by atoms with van der Waals surface area (Å²) in [5.41, 5.74) is 0. The van der Waals surface area contributed by atoms with Gasteiger partial charge in [-0.1, -0.05) is 0 Å². The van der Waals surface area contributed by atoms with Crippen LogP contribution in [-0.2, 0) is 55.2 Å². The lowest BCUT2D eigenvalue weighted by atomic mass is 10.0. The lowest BCUT2D eigenvalue weighted by molar-refractivity contribution is -0.155. The van der Waals surface area contributed by atoms with Crippen molar-refractivity contribution in [3.63, 3.8) is 0 Å². The molecule has 2 heterocycles. The van der Waals surface area contributed by atoms with Gasteiger partial charge in [0.25, 0.3) is 0 Å². The summed E-state index contributed by atoms with van der Waals surface area (Å²) in [6.07, 6.45) is 2.95. The van der Waals surface area contributed by atoms with E-state index in [1.54, 1.807) is 42.7 Å². The van der Waals surface area contributed by atoms with Gasteiger partial charge in [-0.25, -0.2) is 0 Å². The molecular weight excluding hydrogens is 488 g/mol. The van der Waals surface area contributed by atoms with Gasteiger partial charge < -0.3 is 36.0 Å². The largest absolute Gasteiger partial charge is 0.500 e. The Morgan fingerprint density at radius 3 is 1.12 bits per heavy atom. The van der Waals surface area contributed by atoms with Crippen molar-refractivity contribution in [2.45, 2.75) is 50.6 Å². The van der Waals surface area contributed by atoms with E-state index >= 15 is 0 Å². The second kappa shape index (κ2) is 14.8. The summed E-state index contributed by atoms with van der Waals surface area (Å²) in [4.78, 5) is 44.2. The van der Waals surface area contributed by atoms with Crippen molar-refractivity contribution in [1.29, 1.82) is 0 Å². The van der Waals surface area contributed by atoms with Crippen molar-refractivity contribution in [2.24, 2.45) is 11.8 Å². The van der Waals surface area contributed by atoms with Crippen LogP contribution in [0, 0.1) is 11.8 Å². The van der Waals surface area contributed by atoms with Crippen LogP contribution < -0.4 is 0 Å². The zero-order valence-corrected chi connectivity index (χ0v) is 22.7. The average Bonchev–Trinajstić information content (AvgIpc) is 3.33. The first-order valence-corrected chi connectivity index (χ1v) is 14.8. The third-order valence-electron chi connectivity index (χ3n) is 5.86. The van der Waals surface area contributed by atoms with Crippen LogP contribution in [0.1, 0.15) is 38.5 Å². The minimum Gasteiger partial charge on any atom is -0.393 e. The normalized spacial score (nSPS) is 20.8. The molecule has 0 bridgehead atoms. The van der Waals surface area contributed by atoms with Crippen LogP contribution in [0.3, 0.4) is 0 Å². The summed E-state index contributed by atoms with van der Waals surface area (Å²) < 4.78 is 40.5. The quantitative estimate of drug-likeness (QED) is 0.184. The molecule has 0 N–H and O–H groups in total. The Kier molecular flexibility index (Phi) is 13.3. The Morgan fingerprint density at radius 2 is 0.912 bits per heavy atom. The summed E-state index contributed by atoms with van der Waals surface area (Å²) in [6, 6.07) is 1.24. The van der Waals surface area contributed by atoms with Gasteiger partial charge >= 0.3 is 41.5 Å². The fraction of sp³-hybridized carbons (Fsp3) is 0.800. The van der Waals surface area contributed by atoms with E-state index in [2.05, 4.69) is 9.47 Å². The Balaban J connectivity index is 0.000000340. The molecule has 0 amide bonds. The highest BCUT2D eigenvalue weighted by Gasteiger charge is 2.40. The number of carbonyl (C=O) groups excluding carboxylic acids is 4. The molecule has 196 valence electrons. The number of hydrogen-bond donors (Lipinski definition) is 0. The number of carbonyl (C=O) groups is 4. The second-order valence-electron chi connectivity index (χ2n) is 7.76. The van der Waals surface area contributed by atoms with Crippen LogP contribution in [0.5, 0.6) is 0 Å². The molecule has 2 fully saturated rings. The minimum atomic E-state index is -2.57. The molecule has 0 spiro atoms. The van der Waals surface area contributed by atoms with Crippen molar-refractivity contribution >= 4 is 41.5 Å². The number of hydrogen-bond acceptors (Lipinski definition) is 12. The maximum Gasteiger partial charge on any atom is 0.500 e. The maximum absolute atomic E-state index is 11.2. The van der Waals surface area contributed by atoms with Crippen molar-refractivity contribution < 1.29 is 55.2 Å². The van der Waals surface area contributed by atoms with Gasteiger partial charge in [-0.15, -0.1) is 0 Å². The van der Waals surface area contributed by atoms with Crippen LogP contribution >= 0.6 is 0 Å². The van der Waals surface area contributed by atoms with Gasteiger partial charge in [0.15, 0.2) is 0 Å². The van der Waals surface area contributed by atoms with Gasteiger partial charge in [0.05, 0.1) is 24.7 Å². The van der Waals surface area contributed by atoms with Crippen LogP contribution in [0.25, 0.3) is 0 Å². The molecule has 2 rings (SSSR count). The molecule has 12 nitrogen and oxygen atoms in total. The van der Waals surface area contributed by atoms with E-state index in [-0.39, 0.29) is 24.7 Å². The van der Waals surface area contributed by atoms with E-state index < -0.39 is 41.5 Å². The Hall–Kier alpha value is -1.53. The molecule has 2 aliphatic rings. The predicted molar refractivity (Wildman–Crippen MR) is 120 cm³/mol. The summed E-state index contributed by atoms with van der Waals surface area (Å²) in [5, 5.41) is 0. The lowest BCUT2D eigenvalue weighted by Crippen LogP contribution is -2.42. The highest BCUT2D eigenvalue weighted by molar-refractivity contribution is 6.60. The zero-order valence-electron chi connectivity index (χ0n) is 20.7. The van der Waals surface area contributed by atoms with Gasteiger partial charge in [0.2, 0.25) is 0 Å². The van der Waals surface area contributed by atoms with Crippen molar-refractivity contribution in [3.8, 4) is 0 Å². The van der Waals surface area contributed by atoms with Gasteiger partial charge in [-0.05, 0) is 25.7 Å². The smallest absolute Gasteiger partial charge is 0.393 e. The first-order valence-electron chi connectivity index (χ1n) is 10.9. The molecule has 0 radical (unpaired) electrons. The molecule has 2 aliphatic heterocycles. The van der Waals surface area contributed by atoms with Crippen LogP contribution in [0.4, 0.5) is 0 Å². The molecule has 0 saturated carbocycles. The summed E-state index contributed by atoms with van der Waals surface area (Å²) >= 11 is 0. The third-order valence-corrected chi connectivity index (χ3v) is 11.5. The van der Waals surface area contributed by atoms with E-state index in [1.807, 2.05) is 0 Å². The number of cyclic esters (lactones) is 4. The average molecular weight is 525 g/mol. The first-order chi connectivity index (χ1) is 16.1. The highest BCUT2D eigenvalue weighted by atomic mass is 28.4. The van der Waals surface area contributed by atoms with Crippen molar-refractivity contribution in [1.82, 2.24) is 0 Å². The summed E-state index contributed by atoms with van der Waals surface area (Å²) in [7, 11) is 4.16. The highest BCUT2D eigenvalue weighted by Crippen LogP contribution is 2.26. The molecule has 2 unspecified atom stereocenters. The third kappa shape index (κ3) is 8.92. The van der Waals surface area contributed by atoms with E-state index in [1.165, 1.54) is 0 Å². The molecule has 0 aromatic heterocycles. The Morgan fingerprint density at radius 1 is 0.618 bits per heavy atom. The van der Waals surface area contributed by atoms with Gasteiger partial charge in [0, 0.05) is 54.7 Å². The fourth-order valence-corrected chi connectivity index (χ4v) is 7.22. The molecule has 0 aromatic carbocycles. The molecular formula is C20H36O12Si2. The predicted octanol–water partition coefficient (Wildman–Crippen LogP) is 1.47. The molecule has 34 heavy (non-hydrogen) atoms. The lowest BCUT2D eigenvalue weighted by Gasteiger charge is -2.24. The first kappa shape index (κ1) is 30.5. The molecule has 14 heteroatoms. The van der Waals surface area contributed by atoms with Gasteiger partial charge in [-0.2, -0.15) is 0 Å². The minimum absolute atomic E-state index is 0.181. The number of ether oxygens (including phenoxy) is 2. The second-order valence-corrected chi connectivity index (χ2v) is 13.9. The van der Waals surface area contributed by atoms with Gasteiger partial charge in [0.1, 0.15) is 0 Å². The van der Waals surface area contributed by atoms with Crippen molar-refractivity contribution in [3.05, 3.63) is 0 Å². The SMILES string of the molecule is CO[Si](CCCC1CC(=O)OC1=O)(OC)OC.CO[Si](CCCC1CC(=O)OC1=O)(OC)OC. The maximum atomic E-state index is 11.2. The standard InChI is InChI=1S/2C10H18O6Si/c2*1-13-17(14-2,15-3)6-4-5-8-7-9(11)16-10(8)12/h2*8H,4-7H2,1-3H3. The van der Waals surface area contributed by atoms with Crippen LogP contribution in [-0.4, -0.2) is 84.1 Å². The number of esters is 4. The summed E-state index contributed by atoms with van der Waals surface area (Å²) in [6.45, 7) is 0. The topological polar surface area (TPSA) is 142 Å². The number of rotatable bonds is 14. The fourth-order valence-electron chi connectivity index (χ4n) is 3.73. The molecule has 2 saturated heterocycles. The molecule has 2 atom stereocenters. The Labute approximate surface area is 202 Å². The Bertz CT molecular complexity index is 619. The van der Waals surface area contributed by atoms with Gasteiger partial charge in [-0.3, -0.25) is 19.2 Å². The van der Waals surface area contributed by atoms with E-state index in [4.69, 9.17) is 26.6 Å². The monoisotopic (exact) mass is 524 g/mol. The summed E-state index contributed by atoms with van der Waals surface area (Å²) in [5.74, 6) is -2.36. The van der Waals surface area contributed by atoms with E-state index in [0.717, 1.165) is 0 Å².